The summed E-state index contributed by atoms with van der Waals surface area (Å²) in [6.07, 6.45) is 6.05. The second-order valence-electron chi connectivity index (χ2n) is 6.77. The Morgan fingerprint density at radius 3 is 2.17 bits per heavy atom. The van der Waals surface area contributed by atoms with E-state index < -0.39 is 36.1 Å². The molecule has 0 spiro atoms. The maximum absolute atomic E-state index is 11.5. The number of carbonyl (C=O) groups is 1. The van der Waals surface area contributed by atoms with E-state index in [0.717, 1.165) is 12.8 Å². The van der Waals surface area contributed by atoms with Gasteiger partial charge in [-0.1, -0.05) is 52.4 Å². The molecule has 1 amide bonds. The predicted molar refractivity (Wildman–Crippen MR) is 89.7 cm³/mol. The Labute approximate surface area is 139 Å². The first kappa shape index (κ1) is 20.4. The highest BCUT2D eigenvalue weighted by Gasteiger charge is 2.49. The Morgan fingerprint density at radius 2 is 1.65 bits per heavy atom. The van der Waals surface area contributed by atoms with Crippen molar-refractivity contribution in [1.29, 1.82) is 0 Å². The number of likely N-dealkylation sites (tertiary alicyclic amines) is 1. The summed E-state index contributed by atoms with van der Waals surface area (Å²) in [7, 11) is 0. The molecule has 6 heteroatoms. The lowest BCUT2D eigenvalue weighted by Crippen LogP contribution is -2.48. The van der Waals surface area contributed by atoms with Crippen molar-refractivity contribution in [2.45, 2.75) is 83.1 Å². The summed E-state index contributed by atoms with van der Waals surface area (Å²) in [5.74, 6) is -1.06. The zero-order chi connectivity index (χ0) is 17.4. The van der Waals surface area contributed by atoms with E-state index in [4.69, 9.17) is 5.73 Å². The lowest BCUT2D eigenvalue weighted by atomic mass is 9.95. The van der Waals surface area contributed by atoms with Crippen LogP contribution in [0.25, 0.3) is 0 Å². The molecule has 1 saturated heterocycles. The van der Waals surface area contributed by atoms with Gasteiger partial charge in [-0.2, -0.15) is 0 Å². The van der Waals surface area contributed by atoms with Crippen molar-refractivity contribution in [1.82, 2.24) is 4.90 Å². The summed E-state index contributed by atoms with van der Waals surface area (Å²) in [6.45, 7) is 4.27. The molecule has 1 fully saturated rings. The number of hydrogen-bond acceptors (Lipinski definition) is 5. The van der Waals surface area contributed by atoms with Crippen molar-refractivity contribution in [3.8, 4) is 0 Å². The van der Waals surface area contributed by atoms with Gasteiger partial charge < -0.3 is 21.1 Å². The van der Waals surface area contributed by atoms with Gasteiger partial charge in [0, 0.05) is 6.04 Å². The number of carbonyl (C=O) groups excluding carboxylic acids is 1. The number of aliphatic hydroxyl groups is 3. The van der Waals surface area contributed by atoms with E-state index >= 15 is 0 Å². The van der Waals surface area contributed by atoms with E-state index in [1.807, 2.05) is 4.90 Å². The Hall–Kier alpha value is -0.690. The number of unbranched alkanes of at least 4 members (excludes halogenated alkanes) is 6. The van der Waals surface area contributed by atoms with Crippen LogP contribution < -0.4 is 5.73 Å². The van der Waals surface area contributed by atoms with Crippen molar-refractivity contribution in [2.24, 2.45) is 11.7 Å². The third-order valence-electron chi connectivity index (χ3n) is 5.07. The molecule has 1 aliphatic rings. The minimum Gasteiger partial charge on any atom is -0.395 e. The maximum Gasteiger partial charge on any atom is 0.221 e. The molecule has 0 aromatic heterocycles. The van der Waals surface area contributed by atoms with Crippen molar-refractivity contribution < 1.29 is 20.1 Å². The lowest BCUT2D eigenvalue weighted by molar-refractivity contribution is -0.124. The third kappa shape index (κ3) is 5.41. The van der Waals surface area contributed by atoms with Crippen molar-refractivity contribution in [3.63, 3.8) is 0 Å². The highest BCUT2D eigenvalue weighted by atomic mass is 16.3. The third-order valence-corrected chi connectivity index (χ3v) is 5.07. The molecule has 5 N–H and O–H groups in total. The molecule has 1 heterocycles. The number of primary amides is 1. The first-order valence-electron chi connectivity index (χ1n) is 8.97. The molecule has 0 aromatic rings. The molecule has 0 aliphatic carbocycles. The maximum atomic E-state index is 11.5. The van der Waals surface area contributed by atoms with Crippen LogP contribution in [0.1, 0.15) is 58.8 Å². The quantitative estimate of drug-likeness (QED) is 0.416. The van der Waals surface area contributed by atoms with E-state index in [9.17, 15) is 20.1 Å². The van der Waals surface area contributed by atoms with E-state index in [1.54, 1.807) is 6.92 Å². The topological polar surface area (TPSA) is 107 Å². The molecule has 1 rings (SSSR count). The van der Waals surface area contributed by atoms with Gasteiger partial charge in [0.05, 0.1) is 30.8 Å². The van der Waals surface area contributed by atoms with E-state index in [-0.39, 0.29) is 6.61 Å². The summed E-state index contributed by atoms with van der Waals surface area (Å²) in [4.78, 5) is 13.4. The molecule has 0 saturated carbocycles. The molecule has 136 valence electrons. The minimum absolute atomic E-state index is 0.239. The van der Waals surface area contributed by atoms with Gasteiger partial charge in [0.25, 0.3) is 0 Å². The Morgan fingerprint density at radius 1 is 1.09 bits per heavy atom. The lowest BCUT2D eigenvalue weighted by Gasteiger charge is -2.32. The molecular weight excluding hydrogens is 296 g/mol. The highest BCUT2D eigenvalue weighted by molar-refractivity contribution is 5.77. The molecule has 0 aromatic carbocycles. The Balaban J connectivity index is 2.54. The van der Waals surface area contributed by atoms with Crippen LogP contribution in [0.2, 0.25) is 0 Å². The normalized spacial score (nSPS) is 29.8. The van der Waals surface area contributed by atoms with Crippen LogP contribution in [-0.4, -0.2) is 63.6 Å². The van der Waals surface area contributed by atoms with Crippen LogP contribution in [-0.2, 0) is 4.79 Å². The van der Waals surface area contributed by atoms with Crippen LogP contribution >= 0.6 is 0 Å². The number of hydrogen-bond donors (Lipinski definition) is 4. The van der Waals surface area contributed by atoms with E-state index in [0.29, 0.717) is 6.54 Å². The number of nitrogens with two attached hydrogens (primary N) is 1. The Bertz CT molecular complexity index is 353. The molecule has 5 unspecified atom stereocenters. The fourth-order valence-electron chi connectivity index (χ4n) is 3.57. The Kier molecular flexibility index (Phi) is 9.06. The summed E-state index contributed by atoms with van der Waals surface area (Å²) in [6, 6.07) is -1.06. The molecule has 1 aliphatic heterocycles. The molecule has 5 atom stereocenters. The fraction of sp³-hybridized carbons (Fsp3) is 0.941. The summed E-state index contributed by atoms with van der Waals surface area (Å²) in [5.41, 5.74) is 5.37. The zero-order valence-electron chi connectivity index (χ0n) is 14.5. The summed E-state index contributed by atoms with van der Waals surface area (Å²) >= 11 is 0. The first-order valence-corrected chi connectivity index (χ1v) is 8.97. The summed E-state index contributed by atoms with van der Waals surface area (Å²) < 4.78 is 0. The van der Waals surface area contributed by atoms with Crippen LogP contribution in [0.5, 0.6) is 0 Å². The van der Waals surface area contributed by atoms with Gasteiger partial charge in [-0.15, -0.1) is 0 Å². The van der Waals surface area contributed by atoms with Gasteiger partial charge in [-0.3, -0.25) is 9.69 Å². The van der Waals surface area contributed by atoms with Gasteiger partial charge in [0.2, 0.25) is 5.91 Å². The number of nitrogens with zero attached hydrogens (tertiary/aromatic N) is 1. The van der Waals surface area contributed by atoms with Gasteiger partial charge in [0.1, 0.15) is 0 Å². The monoisotopic (exact) mass is 330 g/mol. The smallest absolute Gasteiger partial charge is 0.221 e. The van der Waals surface area contributed by atoms with Crippen LogP contribution in [0, 0.1) is 5.92 Å². The standard InChI is InChI=1S/C17H34N2O4/c1-3-4-5-6-7-8-9-10-19-13(11-20)15(21)16(22)14(19)12(2)17(18)23/h12-16,20-22H,3-11H2,1-2H3,(H2,18,23). The molecule has 0 bridgehead atoms. The second-order valence-corrected chi connectivity index (χ2v) is 6.77. The van der Waals surface area contributed by atoms with Gasteiger partial charge in [-0.05, 0) is 13.0 Å². The molecule has 0 radical (unpaired) electrons. The number of rotatable bonds is 11. The van der Waals surface area contributed by atoms with Crippen LogP contribution in [0.3, 0.4) is 0 Å². The van der Waals surface area contributed by atoms with Crippen LogP contribution in [0.4, 0.5) is 0 Å². The predicted octanol–water partition coefficient (Wildman–Crippen LogP) is 0.625. The van der Waals surface area contributed by atoms with Crippen LogP contribution in [0.15, 0.2) is 0 Å². The van der Waals surface area contributed by atoms with Crippen molar-refractivity contribution in [2.75, 3.05) is 13.2 Å². The molecular formula is C17H34N2O4. The van der Waals surface area contributed by atoms with Gasteiger partial charge in [0.15, 0.2) is 0 Å². The van der Waals surface area contributed by atoms with Crippen molar-refractivity contribution >= 4 is 5.91 Å². The van der Waals surface area contributed by atoms with E-state index in [2.05, 4.69) is 6.92 Å². The fourth-order valence-corrected chi connectivity index (χ4v) is 3.57. The average Bonchev–Trinajstić information content (AvgIpc) is 2.76. The number of amides is 1. The van der Waals surface area contributed by atoms with E-state index in [1.165, 1.54) is 32.1 Å². The molecule has 23 heavy (non-hydrogen) atoms. The minimum atomic E-state index is -1.06. The zero-order valence-corrected chi connectivity index (χ0v) is 14.5. The summed E-state index contributed by atoms with van der Waals surface area (Å²) in [5, 5.41) is 29.9. The van der Waals surface area contributed by atoms with Crippen molar-refractivity contribution in [3.05, 3.63) is 0 Å². The highest BCUT2D eigenvalue weighted by Crippen LogP contribution is 2.30. The average molecular weight is 330 g/mol. The number of aliphatic hydroxyl groups excluding tert-OH is 3. The SMILES string of the molecule is CCCCCCCCCN1C(CO)C(O)C(O)C1C(C)C(N)=O. The molecule has 6 nitrogen and oxygen atoms in total. The van der Waals surface area contributed by atoms with Gasteiger partial charge in [-0.25, -0.2) is 0 Å². The second kappa shape index (κ2) is 10.2. The van der Waals surface area contributed by atoms with Gasteiger partial charge >= 0.3 is 0 Å². The first-order chi connectivity index (χ1) is 11.0. The largest absolute Gasteiger partial charge is 0.395 e.